The Bertz CT molecular complexity index is 493. The Morgan fingerprint density at radius 3 is 2.65 bits per heavy atom. The highest BCUT2D eigenvalue weighted by Crippen LogP contribution is 2.33. The van der Waals surface area contributed by atoms with Crippen molar-refractivity contribution in [3.05, 3.63) is 29.6 Å². The molecule has 1 aliphatic carbocycles. The van der Waals surface area contributed by atoms with Crippen molar-refractivity contribution in [3.63, 3.8) is 0 Å². The minimum atomic E-state index is -0.993. The van der Waals surface area contributed by atoms with E-state index in [1.165, 1.54) is 18.2 Å². The van der Waals surface area contributed by atoms with Gasteiger partial charge in [0.2, 0.25) is 0 Å². The fourth-order valence-electron chi connectivity index (χ4n) is 2.53. The molecule has 0 bridgehead atoms. The Balaban J connectivity index is 1.92. The summed E-state index contributed by atoms with van der Waals surface area (Å²) < 4.78 is 18.5. The topological polar surface area (TPSA) is 66.8 Å². The first-order chi connectivity index (χ1) is 9.39. The smallest absolute Gasteiger partial charge is 0.306 e. The molecule has 0 saturated heterocycles. The molecule has 0 heterocycles. The van der Waals surface area contributed by atoms with Gasteiger partial charge in [-0.25, -0.2) is 4.39 Å². The van der Waals surface area contributed by atoms with Crippen LogP contribution in [0.25, 0.3) is 0 Å². The van der Waals surface area contributed by atoms with Crippen molar-refractivity contribution in [2.24, 2.45) is 5.92 Å². The molecule has 0 atom stereocenters. The molecule has 1 saturated carbocycles. The third kappa shape index (κ3) is 3.48. The molecule has 0 radical (unpaired) electrons. The van der Waals surface area contributed by atoms with Crippen LogP contribution in [0.5, 0.6) is 5.75 Å². The van der Waals surface area contributed by atoms with Gasteiger partial charge in [0.1, 0.15) is 18.2 Å². The van der Waals surface area contributed by atoms with Gasteiger partial charge in [-0.2, -0.15) is 0 Å². The third-order valence-corrected chi connectivity index (χ3v) is 3.90. The van der Waals surface area contributed by atoms with Gasteiger partial charge >= 0.3 is 5.97 Å². The minimum Gasteiger partial charge on any atom is -0.490 e. The molecule has 2 N–H and O–H groups in total. The first-order valence-electron chi connectivity index (χ1n) is 6.74. The third-order valence-electron chi connectivity index (χ3n) is 3.90. The van der Waals surface area contributed by atoms with Crippen molar-refractivity contribution < 1.29 is 24.1 Å². The number of aryl methyl sites for hydroxylation is 1. The normalized spacial score (nSPS) is 26.2. The van der Waals surface area contributed by atoms with E-state index in [9.17, 15) is 14.3 Å². The Labute approximate surface area is 117 Å². The van der Waals surface area contributed by atoms with Crippen LogP contribution in [0.1, 0.15) is 31.2 Å². The zero-order valence-electron chi connectivity index (χ0n) is 11.4. The van der Waals surface area contributed by atoms with E-state index in [1.807, 2.05) is 0 Å². The van der Waals surface area contributed by atoms with E-state index in [0.29, 0.717) is 37.0 Å². The molecule has 0 aliphatic heterocycles. The number of aliphatic hydroxyl groups is 1. The Hall–Kier alpha value is -1.62. The molecule has 1 aliphatic rings. The standard InChI is InChI=1S/C15H19FO4/c1-10-8-12(16)2-3-13(10)20-9-15(19)6-4-11(5-7-15)14(17)18/h2-3,8,11,19H,4-7,9H2,1H3,(H,17,18). The molecular weight excluding hydrogens is 263 g/mol. The summed E-state index contributed by atoms with van der Waals surface area (Å²) in [6.45, 7) is 1.84. The van der Waals surface area contributed by atoms with Crippen molar-refractivity contribution >= 4 is 5.97 Å². The van der Waals surface area contributed by atoms with Crippen molar-refractivity contribution in [3.8, 4) is 5.75 Å². The summed E-state index contributed by atoms with van der Waals surface area (Å²) in [4.78, 5) is 10.9. The van der Waals surface area contributed by atoms with E-state index >= 15 is 0 Å². The van der Waals surface area contributed by atoms with Crippen LogP contribution in [0.2, 0.25) is 0 Å². The van der Waals surface area contributed by atoms with Crippen LogP contribution in [-0.4, -0.2) is 28.4 Å². The van der Waals surface area contributed by atoms with Gasteiger partial charge in [0, 0.05) is 0 Å². The highest BCUT2D eigenvalue weighted by Gasteiger charge is 2.36. The molecule has 0 amide bonds. The number of halogens is 1. The molecule has 1 aromatic carbocycles. The molecule has 1 fully saturated rings. The largest absolute Gasteiger partial charge is 0.490 e. The maximum absolute atomic E-state index is 13.0. The lowest BCUT2D eigenvalue weighted by Crippen LogP contribution is -2.41. The van der Waals surface area contributed by atoms with Gasteiger partial charge in [-0.15, -0.1) is 0 Å². The number of aliphatic carboxylic acids is 1. The van der Waals surface area contributed by atoms with Crippen molar-refractivity contribution in [2.45, 2.75) is 38.2 Å². The second-order valence-corrected chi connectivity index (χ2v) is 5.54. The summed E-state index contributed by atoms with van der Waals surface area (Å²) in [6, 6.07) is 4.23. The molecule has 0 spiro atoms. The molecule has 20 heavy (non-hydrogen) atoms. The molecule has 110 valence electrons. The second kappa shape index (κ2) is 5.79. The van der Waals surface area contributed by atoms with Gasteiger partial charge in [-0.05, 0) is 56.4 Å². The molecule has 0 aromatic heterocycles. The van der Waals surface area contributed by atoms with Gasteiger partial charge in [-0.1, -0.05) is 0 Å². The van der Waals surface area contributed by atoms with Crippen LogP contribution in [0, 0.1) is 18.7 Å². The summed E-state index contributed by atoms with van der Waals surface area (Å²) in [5.41, 5.74) is -0.319. The van der Waals surface area contributed by atoms with Gasteiger partial charge in [-0.3, -0.25) is 4.79 Å². The van der Waals surface area contributed by atoms with Crippen molar-refractivity contribution in [1.82, 2.24) is 0 Å². The fraction of sp³-hybridized carbons (Fsp3) is 0.533. The molecule has 1 aromatic rings. The van der Waals surface area contributed by atoms with E-state index in [2.05, 4.69) is 0 Å². The summed E-state index contributed by atoms with van der Waals surface area (Å²) in [6.07, 6.45) is 1.73. The summed E-state index contributed by atoms with van der Waals surface area (Å²) in [5, 5.41) is 19.3. The maximum atomic E-state index is 13.0. The first-order valence-corrected chi connectivity index (χ1v) is 6.74. The van der Waals surface area contributed by atoms with Crippen LogP contribution >= 0.6 is 0 Å². The molecule has 2 rings (SSSR count). The number of rotatable bonds is 4. The number of benzene rings is 1. The van der Waals surface area contributed by atoms with Crippen LogP contribution in [0.4, 0.5) is 4.39 Å². The number of carboxylic acid groups (broad SMARTS) is 1. The van der Waals surface area contributed by atoms with E-state index < -0.39 is 11.6 Å². The van der Waals surface area contributed by atoms with Gasteiger partial charge < -0.3 is 14.9 Å². The predicted molar refractivity (Wildman–Crippen MR) is 71.2 cm³/mol. The minimum absolute atomic E-state index is 0.103. The highest BCUT2D eigenvalue weighted by molar-refractivity contribution is 5.70. The number of carboxylic acids is 1. The van der Waals surface area contributed by atoms with E-state index in [1.54, 1.807) is 6.92 Å². The van der Waals surface area contributed by atoms with Crippen LogP contribution in [-0.2, 0) is 4.79 Å². The Morgan fingerprint density at radius 1 is 1.45 bits per heavy atom. The lowest BCUT2D eigenvalue weighted by Gasteiger charge is -2.34. The number of carbonyl (C=O) groups is 1. The first kappa shape index (κ1) is 14.8. The second-order valence-electron chi connectivity index (χ2n) is 5.54. The maximum Gasteiger partial charge on any atom is 0.306 e. The van der Waals surface area contributed by atoms with Crippen molar-refractivity contribution in [1.29, 1.82) is 0 Å². The molecule has 0 unspecified atom stereocenters. The Kier molecular flexibility index (Phi) is 4.28. The van der Waals surface area contributed by atoms with Gasteiger partial charge in [0.05, 0.1) is 11.5 Å². The average molecular weight is 282 g/mol. The van der Waals surface area contributed by atoms with E-state index in [-0.39, 0.29) is 18.3 Å². The Morgan fingerprint density at radius 2 is 2.10 bits per heavy atom. The lowest BCUT2D eigenvalue weighted by molar-refractivity contribution is -0.145. The summed E-state index contributed by atoms with van der Waals surface area (Å²) in [7, 11) is 0. The lowest BCUT2D eigenvalue weighted by atomic mass is 9.79. The van der Waals surface area contributed by atoms with E-state index in [0.717, 1.165) is 0 Å². The van der Waals surface area contributed by atoms with Gasteiger partial charge in [0.25, 0.3) is 0 Å². The summed E-state index contributed by atoms with van der Waals surface area (Å²) >= 11 is 0. The number of hydrogen-bond acceptors (Lipinski definition) is 3. The summed E-state index contributed by atoms with van der Waals surface area (Å²) in [5.74, 6) is -0.958. The zero-order chi connectivity index (χ0) is 14.8. The SMILES string of the molecule is Cc1cc(F)ccc1OCC1(O)CCC(C(=O)O)CC1. The number of hydrogen-bond donors (Lipinski definition) is 2. The monoisotopic (exact) mass is 282 g/mol. The molecule has 4 nitrogen and oxygen atoms in total. The van der Waals surface area contributed by atoms with Crippen molar-refractivity contribution in [2.75, 3.05) is 6.61 Å². The fourth-order valence-corrected chi connectivity index (χ4v) is 2.53. The van der Waals surface area contributed by atoms with Crippen LogP contribution in [0.15, 0.2) is 18.2 Å². The highest BCUT2D eigenvalue weighted by atomic mass is 19.1. The zero-order valence-corrected chi connectivity index (χ0v) is 11.4. The molecule has 5 heteroatoms. The predicted octanol–water partition coefficient (Wildman–Crippen LogP) is 2.52. The van der Waals surface area contributed by atoms with E-state index in [4.69, 9.17) is 9.84 Å². The van der Waals surface area contributed by atoms with Crippen LogP contribution in [0.3, 0.4) is 0 Å². The number of ether oxygens (including phenoxy) is 1. The quantitative estimate of drug-likeness (QED) is 0.890. The molecular formula is C15H19FO4. The van der Waals surface area contributed by atoms with Crippen LogP contribution < -0.4 is 4.74 Å². The van der Waals surface area contributed by atoms with Gasteiger partial charge in [0.15, 0.2) is 0 Å². The average Bonchev–Trinajstić information content (AvgIpc) is 2.38.